The Morgan fingerprint density at radius 2 is 2.13 bits per heavy atom. The summed E-state index contributed by atoms with van der Waals surface area (Å²) in [5.74, 6) is -0.0676. The molecule has 1 aromatic heterocycles. The molecule has 0 aliphatic carbocycles. The van der Waals surface area contributed by atoms with Crippen LogP contribution in [0.2, 0.25) is 0 Å². The van der Waals surface area contributed by atoms with Crippen LogP contribution in [-0.4, -0.2) is 40.5 Å². The summed E-state index contributed by atoms with van der Waals surface area (Å²) in [7, 11) is 0. The number of carbonyl (C=O) groups excluding carboxylic acids is 1. The lowest BCUT2D eigenvalue weighted by Gasteiger charge is -2.22. The molecule has 1 saturated heterocycles. The standard InChI is InChI=1S/C16H18BrN5O/c17-12-2-1-11-5-8-21(15(11)9-12)16(23)14-10-22(20-19-14)13-3-6-18-7-4-13/h1-2,9-10,13,18H,3-8H2. The minimum Gasteiger partial charge on any atom is -0.317 e. The Labute approximate surface area is 143 Å². The fourth-order valence-corrected chi connectivity index (χ4v) is 3.68. The van der Waals surface area contributed by atoms with Gasteiger partial charge in [-0.05, 0) is 50.0 Å². The largest absolute Gasteiger partial charge is 0.317 e. The molecular formula is C16H18BrN5O. The summed E-state index contributed by atoms with van der Waals surface area (Å²) in [6, 6.07) is 6.42. The van der Waals surface area contributed by atoms with Crippen molar-refractivity contribution in [3.05, 3.63) is 40.1 Å². The third kappa shape index (κ3) is 2.79. The van der Waals surface area contributed by atoms with E-state index in [1.165, 1.54) is 5.56 Å². The first-order valence-corrected chi connectivity index (χ1v) is 8.74. The van der Waals surface area contributed by atoms with Crippen LogP contribution in [0.5, 0.6) is 0 Å². The van der Waals surface area contributed by atoms with Crippen LogP contribution in [0, 0.1) is 0 Å². The summed E-state index contributed by atoms with van der Waals surface area (Å²) in [6.07, 6.45) is 4.73. The van der Waals surface area contributed by atoms with Gasteiger partial charge in [0.2, 0.25) is 0 Å². The van der Waals surface area contributed by atoms with E-state index in [0.717, 1.165) is 42.5 Å². The van der Waals surface area contributed by atoms with Crippen LogP contribution in [0.1, 0.15) is 34.9 Å². The normalized spacial score (nSPS) is 18.2. The van der Waals surface area contributed by atoms with Crippen molar-refractivity contribution in [3.63, 3.8) is 0 Å². The van der Waals surface area contributed by atoms with Crippen LogP contribution in [0.15, 0.2) is 28.9 Å². The highest BCUT2D eigenvalue weighted by Crippen LogP contribution is 2.31. The molecule has 6 nitrogen and oxygen atoms in total. The van der Waals surface area contributed by atoms with Crippen LogP contribution >= 0.6 is 15.9 Å². The Kier molecular flexibility index (Phi) is 3.90. The minimum absolute atomic E-state index is 0.0676. The summed E-state index contributed by atoms with van der Waals surface area (Å²) in [4.78, 5) is 14.6. The van der Waals surface area contributed by atoms with Gasteiger partial charge in [0.1, 0.15) is 0 Å². The van der Waals surface area contributed by atoms with Crippen molar-refractivity contribution < 1.29 is 4.79 Å². The molecule has 1 N–H and O–H groups in total. The van der Waals surface area contributed by atoms with E-state index in [-0.39, 0.29) is 5.91 Å². The lowest BCUT2D eigenvalue weighted by Crippen LogP contribution is -2.30. The van der Waals surface area contributed by atoms with Gasteiger partial charge >= 0.3 is 0 Å². The third-order valence-corrected chi connectivity index (χ3v) is 5.09. The highest BCUT2D eigenvalue weighted by atomic mass is 79.9. The molecule has 1 aromatic carbocycles. The highest BCUT2D eigenvalue weighted by molar-refractivity contribution is 9.10. The van der Waals surface area contributed by atoms with Gasteiger partial charge in [-0.3, -0.25) is 4.79 Å². The van der Waals surface area contributed by atoms with Crippen molar-refractivity contribution in [2.45, 2.75) is 25.3 Å². The number of rotatable bonds is 2. The second-order valence-corrected chi connectivity index (χ2v) is 6.96. The Hall–Kier alpha value is -1.73. The van der Waals surface area contributed by atoms with E-state index in [2.05, 4.69) is 37.6 Å². The average Bonchev–Trinajstić information content (AvgIpc) is 3.22. The molecule has 1 fully saturated rings. The predicted molar refractivity (Wildman–Crippen MR) is 90.7 cm³/mol. The molecule has 0 spiro atoms. The first kappa shape index (κ1) is 14.8. The number of benzene rings is 1. The average molecular weight is 376 g/mol. The number of fused-ring (bicyclic) bond motifs is 1. The quantitative estimate of drug-likeness (QED) is 0.873. The molecule has 2 aromatic rings. The van der Waals surface area contributed by atoms with Gasteiger partial charge in [-0.25, -0.2) is 4.68 Å². The van der Waals surface area contributed by atoms with E-state index in [1.54, 1.807) is 11.1 Å². The molecule has 3 heterocycles. The minimum atomic E-state index is -0.0676. The zero-order valence-corrected chi connectivity index (χ0v) is 14.3. The fourth-order valence-electron chi connectivity index (χ4n) is 3.33. The molecule has 7 heteroatoms. The number of carbonyl (C=O) groups is 1. The number of halogens is 1. The van der Waals surface area contributed by atoms with Gasteiger partial charge in [0.25, 0.3) is 5.91 Å². The van der Waals surface area contributed by atoms with Gasteiger partial charge < -0.3 is 10.2 Å². The maximum Gasteiger partial charge on any atom is 0.280 e. The summed E-state index contributed by atoms with van der Waals surface area (Å²) >= 11 is 3.48. The van der Waals surface area contributed by atoms with E-state index < -0.39 is 0 Å². The number of amides is 1. The molecule has 23 heavy (non-hydrogen) atoms. The maximum absolute atomic E-state index is 12.8. The maximum atomic E-state index is 12.8. The second kappa shape index (κ2) is 6.05. The molecule has 0 bridgehead atoms. The van der Waals surface area contributed by atoms with Crippen molar-refractivity contribution in [1.29, 1.82) is 0 Å². The molecule has 1 amide bonds. The first-order chi connectivity index (χ1) is 11.2. The Morgan fingerprint density at radius 1 is 1.30 bits per heavy atom. The van der Waals surface area contributed by atoms with Gasteiger partial charge in [0.05, 0.1) is 12.2 Å². The lowest BCUT2D eigenvalue weighted by atomic mass is 10.1. The van der Waals surface area contributed by atoms with Crippen LogP contribution in [0.4, 0.5) is 5.69 Å². The Morgan fingerprint density at radius 3 is 2.96 bits per heavy atom. The fraction of sp³-hybridized carbons (Fsp3) is 0.438. The summed E-state index contributed by atoms with van der Waals surface area (Å²) in [5.41, 5.74) is 2.60. The van der Waals surface area contributed by atoms with Crippen LogP contribution < -0.4 is 10.2 Å². The number of nitrogens with one attached hydrogen (secondary N) is 1. The van der Waals surface area contributed by atoms with Crippen molar-refractivity contribution in [2.24, 2.45) is 0 Å². The van der Waals surface area contributed by atoms with Gasteiger partial charge in [0.15, 0.2) is 5.69 Å². The molecule has 2 aliphatic rings. The van der Waals surface area contributed by atoms with E-state index in [4.69, 9.17) is 0 Å². The lowest BCUT2D eigenvalue weighted by molar-refractivity contribution is 0.0984. The number of hydrogen-bond donors (Lipinski definition) is 1. The van der Waals surface area contributed by atoms with Crippen LogP contribution in [0.3, 0.4) is 0 Å². The number of aromatic nitrogens is 3. The number of piperidine rings is 1. The molecule has 4 rings (SSSR count). The molecule has 0 unspecified atom stereocenters. The van der Waals surface area contributed by atoms with Crippen LogP contribution in [0.25, 0.3) is 0 Å². The van der Waals surface area contributed by atoms with Crippen molar-refractivity contribution in [2.75, 3.05) is 24.5 Å². The summed E-state index contributed by atoms with van der Waals surface area (Å²) in [6.45, 7) is 2.67. The number of nitrogens with zero attached hydrogens (tertiary/aromatic N) is 4. The third-order valence-electron chi connectivity index (χ3n) is 4.60. The predicted octanol–water partition coefficient (Wildman–Crippen LogP) is 2.17. The molecule has 120 valence electrons. The molecular weight excluding hydrogens is 358 g/mol. The zero-order chi connectivity index (χ0) is 15.8. The molecule has 0 atom stereocenters. The van der Waals surface area contributed by atoms with E-state index >= 15 is 0 Å². The Bertz CT molecular complexity index is 738. The van der Waals surface area contributed by atoms with E-state index in [9.17, 15) is 4.79 Å². The smallest absolute Gasteiger partial charge is 0.280 e. The number of hydrogen-bond acceptors (Lipinski definition) is 4. The van der Waals surface area contributed by atoms with Crippen LogP contribution in [-0.2, 0) is 6.42 Å². The number of anilines is 1. The second-order valence-electron chi connectivity index (χ2n) is 6.04. The van der Waals surface area contributed by atoms with Crippen molar-refractivity contribution in [1.82, 2.24) is 20.3 Å². The van der Waals surface area contributed by atoms with Crippen molar-refractivity contribution >= 4 is 27.5 Å². The van der Waals surface area contributed by atoms with Crippen molar-refractivity contribution in [3.8, 4) is 0 Å². The topological polar surface area (TPSA) is 63.1 Å². The van der Waals surface area contributed by atoms with Gasteiger partial charge in [0, 0.05) is 16.7 Å². The highest BCUT2D eigenvalue weighted by Gasteiger charge is 2.28. The van der Waals surface area contributed by atoms with E-state index in [1.807, 2.05) is 16.8 Å². The van der Waals surface area contributed by atoms with Gasteiger partial charge in [-0.15, -0.1) is 5.10 Å². The molecule has 2 aliphatic heterocycles. The first-order valence-electron chi connectivity index (χ1n) is 7.95. The SMILES string of the molecule is O=C(c1cn(C2CCNCC2)nn1)N1CCc2ccc(Br)cc21. The van der Waals surface area contributed by atoms with Gasteiger partial charge in [-0.2, -0.15) is 0 Å². The Balaban J connectivity index is 1.56. The zero-order valence-electron chi connectivity index (χ0n) is 12.7. The molecule has 0 saturated carbocycles. The summed E-state index contributed by atoms with van der Waals surface area (Å²) < 4.78 is 2.83. The van der Waals surface area contributed by atoms with E-state index in [0.29, 0.717) is 18.3 Å². The van der Waals surface area contributed by atoms with Gasteiger partial charge in [-0.1, -0.05) is 27.2 Å². The monoisotopic (exact) mass is 375 g/mol. The molecule has 0 radical (unpaired) electrons. The summed E-state index contributed by atoms with van der Waals surface area (Å²) in [5, 5.41) is 11.6.